The van der Waals surface area contributed by atoms with Gasteiger partial charge in [-0.15, -0.1) is 0 Å². The lowest BCUT2D eigenvalue weighted by Crippen LogP contribution is -2.40. The molecule has 0 bridgehead atoms. The van der Waals surface area contributed by atoms with Gasteiger partial charge in [0.1, 0.15) is 0 Å². The van der Waals surface area contributed by atoms with Gasteiger partial charge in [-0.05, 0) is 37.3 Å². The first-order valence-corrected chi connectivity index (χ1v) is 8.02. The van der Waals surface area contributed by atoms with Crippen molar-refractivity contribution >= 4 is 55.1 Å². The molecule has 0 spiro atoms. The highest BCUT2D eigenvalue weighted by atomic mass is 79.9. The van der Waals surface area contributed by atoms with Gasteiger partial charge in [0.05, 0.1) is 0 Å². The minimum atomic E-state index is -1.33. The molecule has 6 heteroatoms. The maximum Gasteiger partial charge on any atom is 0.333 e. The van der Waals surface area contributed by atoms with E-state index < -0.39 is 11.5 Å². The number of benzene rings is 2. The summed E-state index contributed by atoms with van der Waals surface area (Å²) in [5.74, 6) is -1.01. The van der Waals surface area contributed by atoms with Crippen LogP contribution in [-0.4, -0.2) is 11.1 Å². The van der Waals surface area contributed by atoms with Crippen LogP contribution in [0, 0.1) is 0 Å². The van der Waals surface area contributed by atoms with E-state index in [0.717, 1.165) is 8.95 Å². The van der Waals surface area contributed by atoms with Gasteiger partial charge in [0.2, 0.25) is 0 Å². The molecule has 1 unspecified atom stereocenters. The van der Waals surface area contributed by atoms with Gasteiger partial charge in [-0.25, -0.2) is 4.79 Å². The summed E-state index contributed by atoms with van der Waals surface area (Å²) in [6.07, 6.45) is 0. The Hall–Kier alpha value is -1.04. The minimum absolute atomic E-state index is 0.386. The summed E-state index contributed by atoms with van der Waals surface area (Å²) >= 11 is 12.9. The van der Waals surface area contributed by atoms with E-state index in [4.69, 9.17) is 11.6 Å². The van der Waals surface area contributed by atoms with E-state index in [-0.39, 0.29) is 0 Å². The second-order valence-electron chi connectivity index (χ2n) is 4.69. The van der Waals surface area contributed by atoms with Crippen molar-refractivity contribution < 1.29 is 9.90 Å². The third-order valence-electron chi connectivity index (χ3n) is 3.12. The van der Waals surface area contributed by atoms with Crippen LogP contribution in [0.4, 0.5) is 5.69 Å². The summed E-state index contributed by atoms with van der Waals surface area (Å²) in [5.41, 5.74) is -0.147. The van der Waals surface area contributed by atoms with Gasteiger partial charge in [-0.2, -0.15) is 0 Å². The van der Waals surface area contributed by atoms with Crippen molar-refractivity contribution in [1.82, 2.24) is 0 Å². The fraction of sp³-hybridized carbons (Fsp3) is 0.133. The summed E-state index contributed by atoms with van der Waals surface area (Å²) in [6, 6.07) is 12.5. The molecule has 1 atom stereocenters. The summed E-state index contributed by atoms with van der Waals surface area (Å²) in [7, 11) is 0. The van der Waals surface area contributed by atoms with Gasteiger partial charge in [-0.3, -0.25) is 0 Å². The molecule has 3 nitrogen and oxygen atoms in total. The monoisotopic (exact) mass is 431 g/mol. The molecule has 2 aromatic rings. The number of aliphatic carboxylic acids is 1. The van der Waals surface area contributed by atoms with Gasteiger partial charge in [-0.1, -0.05) is 55.6 Å². The van der Waals surface area contributed by atoms with E-state index in [1.54, 1.807) is 31.2 Å². The molecule has 0 aliphatic rings. The summed E-state index contributed by atoms with van der Waals surface area (Å²) in [6.45, 7) is 1.59. The van der Waals surface area contributed by atoms with Gasteiger partial charge in [0.25, 0.3) is 0 Å². The lowest BCUT2D eigenvalue weighted by atomic mass is 9.91. The molecule has 0 fully saturated rings. The molecule has 0 heterocycles. The molecule has 0 radical (unpaired) electrons. The number of rotatable bonds is 4. The highest BCUT2D eigenvalue weighted by Gasteiger charge is 2.37. The molecule has 2 N–H and O–H groups in total. The molecule has 0 aromatic heterocycles. The number of halogens is 3. The molecule has 0 amide bonds. The summed E-state index contributed by atoms with van der Waals surface area (Å²) in [4.78, 5) is 11.8. The molecular formula is C15H12Br2ClNO2. The largest absolute Gasteiger partial charge is 0.479 e. The third kappa shape index (κ3) is 3.59. The molecule has 0 saturated heterocycles. The first-order chi connectivity index (χ1) is 9.83. The van der Waals surface area contributed by atoms with Crippen molar-refractivity contribution in [3.63, 3.8) is 0 Å². The molecule has 2 rings (SSSR count). The van der Waals surface area contributed by atoms with E-state index in [1.807, 2.05) is 18.2 Å². The van der Waals surface area contributed by atoms with E-state index in [2.05, 4.69) is 37.2 Å². The lowest BCUT2D eigenvalue weighted by molar-refractivity contribution is -0.142. The normalized spacial score (nSPS) is 13.5. The van der Waals surface area contributed by atoms with Crippen LogP contribution in [0.1, 0.15) is 12.5 Å². The zero-order chi connectivity index (χ0) is 15.6. The highest BCUT2D eigenvalue weighted by Crippen LogP contribution is 2.34. The Morgan fingerprint density at radius 2 is 1.86 bits per heavy atom. The number of hydrogen-bond acceptors (Lipinski definition) is 2. The van der Waals surface area contributed by atoms with Crippen LogP contribution >= 0.6 is 43.5 Å². The molecule has 2 aromatic carbocycles. The Morgan fingerprint density at radius 1 is 1.19 bits per heavy atom. The Labute approximate surface area is 144 Å². The maximum atomic E-state index is 11.8. The van der Waals surface area contributed by atoms with Crippen LogP contribution < -0.4 is 5.32 Å². The van der Waals surface area contributed by atoms with Crippen molar-refractivity contribution in [2.75, 3.05) is 5.32 Å². The topological polar surface area (TPSA) is 49.3 Å². The highest BCUT2D eigenvalue weighted by molar-refractivity contribution is 9.10. The Bertz CT molecular complexity index is 693. The fourth-order valence-corrected chi connectivity index (χ4v) is 3.25. The summed E-state index contributed by atoms with van der Waals surface area (Å²) in [5, 5.41) is 13.1. The van der Waals surface area contributed by atoms with Crippen LogP contribution in [0.15, 0.2) is 51.4 Å². The minimum Gasteiger partial charge on any atom is -0.479 e. The van der Waals surface area contributed by atoms with Crippen LogP contribution in [0.25, 0.3) is 0 Å². The Morgan fingerprint density at radius 3 is 2.43 bits per heavy atom. The van der Waals surface area contributed by atoms with Gasteiger partial charge < -0.3 is 10.4 Å². The summed E-state index contributed by atoms with van der Waals surface area (Å²) < 4.78 is 1.66. The van der Waals surface area contributed by atoms with Gasteiger partial charge in [0.15, 0.2) is 5.54 Å². The number of hydrogen-bond donors (Lipinski definition) is 2. The number of carbonyl (C=O) groups is 1. The average molecular weight is 434 g/mol. The van der Waals surface area contributed by atoms with E-state index in [9.17, 15) is 9.90 Å². The standard InChI is InChI=1S/C15H12Br2ClNO2/c1-15(14(20)21,12-6-5-10(17)8-13(12)18)19-11-4-2-3-9(16)7-11/h2-8,19H,1H3,(H,20,21). The Kier molecular flexibility index (Phi) is 4.96. The van der Waals surface area contributed by atoms with Crippen LogP contribution in [0.2, 0.25) is 5.02 Å². The predicted molar refractivity (Wildman–Crippen MR) is 91.9 cm³/mol. The number of anilines is 1. The maximum absolute atomic E-state index is 11.8. The van der Waals surface area contributed by atoms with Crippen LogP contribution in [-0.2, 0) is 10.3 Å². The van der Waals surface area contributed by atoms with Gasteiger partial charge in [0, 0.05) is 25.2 Å². The first kappa shape index (κ1) is 16.3. The Balaban J connectivity index is 2.48. The zero-order valence-electron chi connectivity index (χ0n) is 11.0. The van der Waals surface area contributed by atoms with Crippen LogP contribution in [0.3, 0.4) is 0 Å². The van der Waals surface area contributed by atoms with E-state index in [1.165, 1.54) is 0 Å². The van der Waals surface area contributed by atoms with Crippen molar-refractivity contribution in [1.29, 1.82) is 0 Å². The quantitative estimate of drug-likeness (QED) is 0.690. The SMILES string of the molecule is CC(Nc1cccc(Br)c1)(C(=O)O)c1ccc(Br)cc1Cl. The molecule has 21 heavy (non-hydrogen) atoms. The fourth-order valence-electron chi connectivity index (χ4n) is 1.99. The van der Waals surface area contributed by atoms with Crippen molar-refractivity contribution in [3.05, 3.63) is 62.0 Å². The molecule has 0 aliphatic heterocycles. The van der Waals surface area contributed by atoms with Crippen LogP contribution in [0.5, 0.6) is 0 Å². The van der Waals surface area contributed by atoms with Gasteiger partial charge >= 0.3 is 5.97 Å². The predicted octanol–water partition coefficient (Wildman–Crippen LogP) is 5.28. The number of carboxylic acids is 1. The average Bonchev–Trinajstić information content (AvgIpc) is 2.38. The lowest BCUT2D eigenvalue weighted by Gasteiger charge is -2.29. The van der Waals surface area contributed by atoms with E-state index in [0.29, 0.717) is 16.3 Å². The first-order valence-electron chi connectivity index (χ1n) is 6.05. The molecule has 0 aliphatic carbocycles. The second kappa shape index (κ2) is 6.38. The second-order valence-corrected chi connectivity index (χ2v) is 6.93. The molecule has 110 valence electrons. The molecular weight excluding hydrogens is 421 g/mol. The van der Waals surface area contributed by atoms with E-state index >= 15 is 0 Å². The van der Waals surface area contributed by atoms with Crippen molar-refractivity contribution in [3.8, 4) is 0 Å². The van der Waals surface area contributed by atoms with Crippen molar-refractivity contribution in [2.45, 2.75) is 12.5 Å². The number of carboxylic acid groups (broad SMARTS) is 1. The molecule has 0 saturated carbocycles. The van der Waals surface area contributed by atoms with Crippen molar-refractivity contribution in [2.24, 2.45) is 0 Å². The smallest absolute Gasteiger partial charge is 0.333 e. The zero-order valence-corrected chi connectivity index (χ0v) is 15.0. The third-order valence-corrected chi connectivity index (χ3v) is 4.42. The number of nitrogens with one attached hydrogen (secondary N) is 1.